The van der Waals surface area contributed by atoms with Gasteiger partial charge in [0, 0.05) is 52.0 Å². The van der Waals surface area contributed by atoms with Crippen molar-refractivity contribution in [2.24, 2.45) is 0 Å². The first kappa shape index (κ1) is 20.3. The normalized spacial score (nSPS) is 18.8. The van der Waals surface area contributed by atoms with Crippen LogP contribution < -0.4 is 0 Å². The summed E-state index contributed by atoms with van der Waals surface area (Å²) in [6, 6.07) is 2.22. The summed E-state index contributed by atoms with van der Waals surface area (Å²) < 4.78 is 53.3. The smallest absolute Gasteiger partial charge is 0.246 e. The van der Waals surface area contributed by atoms with Gasteiger partial charge in [-0.15, -0.1) is 0 Å². The fourth-order valence-corrected chi connectivity index (χ4v) is 4.73. The fraction of sp³-hybridized carbons (Fsp3) is 0.471. The number of rotatable bonds is 5. The van der Waals surface area contributed by atoms with Gasteiger partial charge in [-0.1, -0.05) is 0 Å². The monoisotopic (exact) mass is 415 g/mol. The zero-order valence-corrected chi connectivity index (χ0v) is 15.8. The number of likely N-dealkylation sites (tertiary alicyclic amines) is 1. The first-order valence-corrected chi connectivity index (χ1v) is 10.2. The second-order valence-corrected chi connectivity index (χ2v) is 8.46. The molecule has 0 aliphatic carbocycles. The SMILES string of the molecule is O=C(CCN1C(=O)CCC1=O)N1CCN(S(=O)(=O)c2cc(F)ccc2F)CC1. The standard InChI is InChI=1S/C17H19F2N3O5S/c18-12-1-2-13(19)14(11-12)28(26,27)21-9-7-20(8-10-21)15(23)5-6-22-16(24)3-4-17(22)25/h1-2,11H,3-10H2. The van der Waals surface area contributed by atoms with Crippen molar-refractivity contribution in [3.05, 3.63) is 29.8 Å². The van der Waals surface area contributed by atoms with E-state index < -0.39 is 26.6 Å². The largest absolute Gasteiger partial charge is 0.340 e. The van der Waals surface area contributed by atoms with E-state index in [2.05, 4.69) is 0 Å². The maximum atomic E-state index is 13.8. The Balaban J connectivity index is 1.58. The lowest BCUT2D eigenvalue weighted by Gasteiger charge is -2.34. The molecule has 11 heteroatoms. The number of benzene rings is 1. The maximum Gasteiger partial charge on any atom is 0.246 e. The van der Waals surface area contributed by atoms with E-state index in [1.807, 2.05) is 0 Å². The van der Waals surface area contributed by atoms with Gasteiger partial charge in [-0.05, 0) is 18.2 Å². The zero-order valence-electron chi connectivity index (χ0n) is 14.9. The van der Waals surface area contributed by atoms with Gasteiger partial charge in [0.15, 0.2) is 0 Å². The molecule has 0 radical (unpaired) electrons. The highest BCUT2D eigenvalue weighted by atomic mass is 32.2. The van der Waals surface area contributed by atoms with Crippen molar-refractivity contribution in [1.29, 1.82) is 0 Å². The summed E-state index contributed by atoms with van der Waals surface area (Å²) in [7, 11) is -4.22. The molecule has 0 N–H and O–H groups in total. The highest BCUT2D eigenvalue weighted by Gasteiger charge is 2.33. The molecule has 0 atom stereocenters. The molecule has 8 nitrogen and oxygen atoms in total. The molecular weight excluding hydrogens is 396 g/mol. The molecule has 0 spiro atoms. The van der Waals surface area contributed by atoms with Crippen LogP contribution in [0.3, 0.4) is 0 Å². The maximum absolute atomic E-state index is 13.8. The first-order valence-electron chi connectivity index (χ1n) is 8.76. The zero-order chi connectivity index (χ0) is 20.5. The Morgan fingerprint density at radius 3 is 2.21 bits per heavy atom. The quantitative estimate of drug-likeness (QED) is 0.647. The van der Waals surface area contributed by atoms with Gasteiger partial charge < -0.3 is 4.90 Å². The molecule has 2 aliphatic heterocycles. The lowest BCUT2D eigenvalue weighted by atomic mass is 10.3. The van der Waals surface area contributed by atoms with Gasteiger partial charge in [0.05, 0.1) is 0 Å². The summed E-state index contributed by atoms with van der Waals surface area (Å²) in [5.41, 5.74) is 0. The number of imide groups is 1. The van der Waals surface area contributed by atoms with E-state index in [9.17, 15) is 31.6 Å². The number of nitrogens with zero attached hydrogens (tertiary/aromatic N) is 3. The summed E-state index contributed by atoms with van der Waals surface area (Å²) in [5, 5.41) is 0. The van der Waals surface area contributed by atoms with Crippen LogP contribution in [-0.2, 0) is 24.4 Å². The van der Waals surface area contributed by atoms with Crippen LogP contribution in [0.4, 0.5) is 8.78 Å². The number of amides is 3. The van der Waals surface area contributed by atoms with Gasteiger partial charge in [0.1, 0.15) is 16.5 Å². The summed E-state index contributed by atoms with van der Waals surface area (Å²) in [4.78, 5) is 37.2. The number of sulfonamides is 1. The molecule has 2 aliphatic rings. The lowest BCUT2D eigenvalue weighted by Crippen LogP contribution is -2.51. The molecule has 0 aromatic heterocycles. The lowest BCUT2D eigenvalue weighted by molar-refractivity contribution is -0.139. The number of hydrogen-bond donors (Lipinski definition) is 0. The van der Waals surface area contributed by atoms with E-state index in [1.54, 1.807) is 0 Å². The molecule has 2 fully saturated rings. The van der Waals surface area contributed by atoms with Crippen LogP contribution in [0.2, 0.25) is 0 Å². The Kier molecular flexibility index (Phi) is 5.75. The van der Waals surface area contributed by atoms with Crippen molar-refractivity contribution in [1.82, 2.24) is 14.1 Å². The minimum Gasteiger partial charge on any atom is -0.340 e. The molecule has 152 valence electrons. The first-order chi connectivity index (χ1) is 13.2. The van der Waals surface area contributed by atoms with E-state index in [4.69, 9.17) is 0 Å². The van der Waals surface area contributed by atoms with Crippen LogP contribution in [0.1, 0.15) is 19.3 Å². The topological polar surface area (TPSA) is 95.1 Å². The average Bonchev–Trinajstić information content (AvgIpc) is 2.99. The van der Waals surface area contributed by atoms with Crippen LogP contribution in [0, 0.1) is 11.6 Å². The van der Waals surface area contributed by atoms with Gasteiger partial charge in [0.25, 0.3) is 0 Å². The number of halogens is 2. The Bertz CT molecular complexity index is 897. The average molecular weight is 415 g/mol. The van der Waals surface area contributed by atoms with Crippen molar-refractivity contribution in [2.75, 3.05) is 32.7 Å². The Morgan fingerprint density at radius 1 is 1.00 bits per heavy atom. The van der Waals surface area contributed by atoms with Crippen molar-refractivity contribution in [3.8, 4) is 0 Å². The number of piperazine rings is 1. The van der Waals surface area contributed by atoms with Crippen molar-refractivity contribution >= 4 is 27.7 Å². The van der Waals surface area contributed by atoms with Gasteiger partial charge in [-0.2, -0.15) is 4.31 Å². The molecule has 0 unspecified atom stereocenters. The van der Waals surface area contributed by atoms with Gasteiger partial charge in [0.2, 0.25) is 27.7 Å². The summed E-state index contributed by atoms with van der Waals surface area (Å²) in [6.45, 7) is 0.0362. The molecule has 1 aromatic carbocycles. The van der Waals surface area contributed by atoms with Crippen molar-refractivity contribution in [3.63, 3.8) is 0 Å². The third-order valence-corrected chi connectivity index (χ3v) is 6.72. The van der Waals surface area contributed by atoms with Gasteiger partial charge >= 0.3 is 0 Å². The Morgan fingerprint density at radius 2 is 1.61 bits per heavy atom. The summed E-state index contributed by atoms with van der Waals surface area (Å²) in [5.74, 6) is -2.81. The molecule has 28 heavy (non-hydrogen) atoms. The van der Waals surface area contributed by atoms with E-state index in [0.29, 0.717) is 6.07 Å². The number of carbonyl (C=O) groups excluding carboxylic acids is 3. The van der Waals surface area contributed by atoms with Crippen LogP contribution >= 0.6 is 0 Å². The highest BCUT2D eigenvalue weighted by Crippen LogP contribution is 2.22. The molecule has 2 saturated heterocycles. The minimum atomic E-state index is -4.22. The molecule has 3 rings (SSSR count). The summed E-state index contributed by atoms with van der Waals surface area (Å²) >= 11 is 0. The Labute approximate surface area is 160 Å². The van der Waals surface area contributed by atoms with Crippen LogP contribution in [0.15, 0.2) is 23.1 Å². The summed E-state index contributed by atoms with van der Waals surface area (Å²) in [6.07, 6.45) is 0.267. The third-order valence-electron chi connectivity index (χ3n) is 4.81. The van der Waals surface area contributed by atoms with Gasteiger partial charge in [-0.3, -0.25) is 19.3 Å². The predicted molar refractivity (Wildman–Crippen MR) is 92.3 cm³/mol. The highest BCUT2D eigenvalue weighted by molar-refractivity contribution is 7.89. The predicted octanol–water partition coefficient (Wildman–Crippen LogP) is 0.337. The van der Waals surface area contributed by atoms with E-state index in [1.165, 1.54) is 4.90 Å². The minimum absolute atomic E-state index is 0.00349. The molecule has 3 amide bonds. The molecule has 1 aromatic rings. The molecular formula is C17H19F2N3O5S. The second-order valence-electron chi connectivity index (χ2n) is 6.55. The van der Waals surface area contributed by atoms with E-state index in [0.717, 1.165) is 21.3 Å². The second kappa shape index (κ2) is 7.92. The molecule has 0 saturated carbocycles. The number of hydrogen-bond acceptors (Lipinski definition) is 5. The van der Waals surface area contributed by atoms with Crippen LogP contribution in [0.5, 0.6) is 0 Å². The van der Waals surface area contributed by atoms with Crippen molar-refractivity contribution in [2.45, 2.75) is 24.2 Å². The van der Waals surface area contributed by atoms with E-state index >= 15 is 0 Å². The molecule has 2 heterocycles. The van der Waals surface area contributed by atoms with Crippen molar-refractivity contribution < 1.29 is 31.6 Å². The fourth-order valence-electron chi connectivity index (χ4n) is 3.23. The Hall–Kier alpha value is -2.40. The van der Waals surface area contributed by atoms with Crippen LogP contribution in [-0.4, -0.2) is 73.0 Å². The number of carbonyl (C=O) groups is 3. The van der Waals surface area contributed by atoms with Gasteiger partial charge in [-0.25, -0.2) is 17.2 Å². The molecule has 0 bridgehead atoms. The third kappa shape index (κ3) is 4.04. The van der Waals surface area contributed by atoms with E-state index in [-0.39, 0.29) is 69.7 Å². The van der Waals surface area contributed by atoms with Crippen LogP contribution in [0.25, 0.3) is 0 Å².